The van der Waals surface area contributed by atoms with Gasteiger partial charge in [0.1, 0.15) is 11.6 Å². The van der Waals surface area contributed by atoms with E-state index in [4.69, 9.17) is 15.3 Å². The quantitative estimate of drug-likeness (QED) is 0.604. The van der Waals surface area contributed by atoms with Gasteiger partial charge in [-0.25, -0.2) is 0 Å². The van der Waals surface area contributed by atoms with Crippen LogP contribution in [0.2, 0.25) is 0 Å². The van der Waals surface area contributed by atoms with Crippen LogP contribution < -0.4 is 5.73 Å². The average molecular weight is 238 g/mol. The van der Waals surface area contributed by atoms with Crippen LogP contribution in [-0.2, 0) is 0 Å². The second-order valence-corrected chi connectivity index (χ2v) is 3.80. The Kier molecular flexibility index (Phi) is 3.28. The molecule has 0 amide bonds. The van der Waals surface area contributed by atoms with E-state index in [-0.39, 0.29) is 19.0 Å². The number of hydrogen-bond acceptors (Lipinski definition) is 6. The predicted molar refractivity (Wildman–Crippen MR) is 61.1 cm³/mol. The number of rotatable bonds is 4. The molecule has 0 aliphatic rings. The van der Waals surface area contributed by atoms with E-state index in [0.29, 0.717) is 16.7 Å². The van der Waals surface area contributed by atoms with Crippen molar-refractivity contribution in [3.63, 3.8) is 0 Å². The number of aliphatic hydroxyl groups excluding tert-OH is 3. The highest BCUT2D eigenvalue weighted by molar-refractivity contribution is 5.75. The van der Waals surface area contributed by atoms with E-state index in [9.17, 15) is 10.2 Å². The summed E-state index contributed by atoms with van der Waals surface area (Å²) in [7, 11) is 0. The lowest BCUT2D eigenvalue weighted by atomic mass is 10.0. The summed E-state index contributed by atoms with van der Waals surface area (Å²) in [5.41, 5.74) is 6.95. The van der Waals surface area contributed by atoms with E-state index >= 15 is 0 Å². The average Bonchev–Trinajstić information content (AvgIpc) is 2.67. The maximum absolute atomic E-state index is 9.84. The van der Waals surface area contributed by atoms with E-state index < -0.39 is 12.2 Å². The van der Waals surface area contributed by atoms with Crippen LogP contribution in [0.15, 0.2) is 22.6 Å². The van der Waals surface area contributed by atoms with Crippen molar-refractivity contribution < 1.29 is 19.7 Å². The molecular formula is C11H14N2O4. The zero-order valence-electron chi connectivity index (χ0n) is 9.08. The van der Waals surface area contributed by atoms with Gasteiger partial charge in [-0.3, -0.25) is 0 Å². The molecule has 92 valence electrons. The first-order valence-corrected chi connectivity index (χ1v) is 5.25. The highest BCUT2D eigenvalue weighted by Gasteiger charge is 2.18. The van der Waals surface area contributed by atoms with Crippen molar-refractivity contribution in [2.24, 2.45) is 0 Å². The molecule has 1 aromatic heterocycles. The lowest BCUT2D eigenvalue weighted by molar-refractivity contribution is 0.00428. The van der Waals surface area contributed by atoms with Crippen LogP contribution in [0.4, 0.5) is 6.01 Å². The monoisotopic (exact) mass is 238 g/mol. The second-order valence-electron chi connectivity index (χ2n) is 3.80. The molecule has 0 saturated heterocycles. The summed E-state index contributed by atoms with van der Waals surface area (Å²) in [6.45, 7) is -0.183. The molecule has 0 bridgehead atoms. The molecule has 0 saturated carbocycles. The van der Waals surface area contributed by atoms with Crippen LogP contribution in [0, 0.1) is 0 Å². The van der Waals surface area contributed by atoms with E-state index in [2.05, 4.69) is 4.98 Å². The smallest absolute Gasteiger partial charge is 0.292 e. The Balaban J connectivity index is 2.28. The topological polar surface area (TPSA) is 113 Å². The van der Waals surface area contributed by atoms with Crippen LogP contribution in [0.1, 0.15) is 18.1 Å². The van der Waals surface area contributed by atoms with Gasteiger partial charge in [0, 0.05) is 6.61 Å². The molecule has 6 nitrogen and oxygen atoms in total. The van der Waals surface area contributed by atoms with E-state index in [1.54, 1.807) is 18.2 Å². The van der Waals surface area contributed by atoms with E-state index in [1.165, 1.54) is 0 Å². The van der Waals surface area contributed by atoms with Gasteiger partial charge in [-0.15, -0.1) is 0 Å². The van der Waals surface area contributed by atoms with Gasteiger partial charge in [-0.1, -0.05) is 6.07 Å². The van der Waals surface area contributed by atoms with Crippen molar-refractivity contribution in [1.29, 1.82) is 0 Å². The minimum absolute atomic E-state index is 0.0579. The standard InChI is InChI=1S/C11H14N2O4/c12-11-13-7-5-6(1-2-9(7)17-11)10(16)8(15)3-4-14/h1-2,5,8,10,14-16H,3-4H2,(H2,12,13). The van der Waals surface area contributed by atoms with Gasteiger partial charge in [0.2, 0.25) is 0 Å². The van der Waals surface area contributed by atoms with E-state index in [0.717, 1.165) is 0 Å². The molecule has 0 aliphatic carbocycles. The summed E-state index contributed by atoms with van der Waals surface area (Å²) in [4.78, 5) is 3.93. The van der Waals surface area contributed by atoms with Crippen molar-refractivity contribution in [1.82, 2.24) is 4.98 Å². The van der Waals surface area contributed by atoms with Crippen molar-refractivity contribution in [3.8, 4) is 0 Å². The molecule has 17 heavy (non-hydrogen) atoms. The zero-order chi connectivity index (χ0) is 12.4. The first-order valence-electron chi connectivity index (χ1n) is 5.25. The molecule has 6 heteroatoms. The molecule has 5 N–H and O–H groups in total. The molecule has 0 aliphatic heterocycles. The number of anilines is 1. The summed E-state index contributed by atoms with van der Waals surface area (Å²) in [6.07, 6.45) is -1.97. The summed E-state index contributed by atoms with van der Waals surface area (Å²) < 4.78 is 5.09. The molecule has 2 aromatic rings. The summed E-state index contributed by atoms with van der Waals surface area (Å²) >= 11 is 0. The third-order valence-corrected chi connectivity index (χ3v) is 2.56. The molecular weight excluding hydrogens is 224 g/mol. The lowest BCUT2D eigenvalue weighted by Gasteiger charge is -2.16. The Labute approximate surface area is 97.3 Å². The fourth-order valence-corrected chi connectivity index (χ4v) is 1.66. The van der Waals surface area contributed by atoms with Gasteiger partial charge in [-0.05, 0) is 24.1 Å². The number of aliphatic hydroxyl groups is 3. The molecule has 1 heterocycles. The summed E-state index contributed by atoms with van der Waals surface area (Å²) in [6, 6.07) is 4.91. The number of hydrogen-bond donors (Lipinski definition) is 4. The molecule has 0 fully saturated rings. The number of nitrogen functional groups attached to an aromatic ring is 1. The third-order valence-electron chi connectivity index (χ3n) is 2.56. The Bertz CT molecular complexity index is 511. The Morgan fingerprint density at radius 2 is 2.12 bits per heavy atom. The first-order chi connectivity index (χ1) is 8.11. The van der Waals surface area contributed by atoms with Gasteiger partial charge in [0.05, 0.1) is 6.10 Å². The Morgan fingerprint density at radius 3 is 2.82 bits per heavy atom. The number of oxazole rings is 1. The molecule has 2 unspecified atom stereocenters. The normalized spacial score (nSPS) is 15.0. The minimum atomic E-state index is -1.07. The van der Waals surface area contributed by atoms with Gasteiger partial charge in [-0.2, -0.15) is 4.98 Å². The third kappa shape index (κ3) is 2.38. The fraction of sp³-hybridized carbons (Fsp3) is 0.364. The Hall–Kier alpha value is -1.63. The molecule has 0 spiro atoms. The minimum Gasteiger partial charge on any atom is -0.424 e. The van der Waals surface area contributed by atoms with Gasteiger partial charge >= 0.3 is 0 Å². The number of nitrogens with zero attached hydrogens (tertiary/aromatic N) is 1. The fourth-order valence-electron chi connectivity index (χ4n) is 1.66. The highest BCUT2D eigenvalue weighted by atomic mass is 16.4. The SMILES string of the molecule is Nc1nc2cc(C(O)C(O)CCO)ccc2o1. The molecule has 2 rings (SSSR count). The first kappa shape index (κ1) is 11.8. The van der Waals surface area contributed by atoms with Crippen LogP contribution in [-0.4, -0.2) is 33.0 Å². The van der Waals surface area contributed by atoms with Crippen molar-refractivity contribution >= 4 is 17.1 Å². The molecule has 1 aromatic carbocycles. The number of fused-ring (bicyclic) bond motifs is 1. The van der Waals surface area contributed by atoms with Gasteiger partial charge in [0.15, 0.2) is 5.58 Å². The highest BCUT2D eigenvalue weighted by Crippen LogP contribution is 2.24. The van der Waals surface area contributed by atoms with E-state index in [1.807, 2.05) is 0 Å². The number of nitrogens with two attached hydrogens (primary N) is 1. The van der Waals surface area contributed by atoms with Crippen LogP contribution >= 0.6 is 0 Å². The van der Waals surface area contributed by atoms with Gasteiger partial charge < -0.3 is 25.5 Å². The number of aromatic nitrogens is 1. The zero-order valence-corrected chi connectivity index (χ0v) is 9.08. The van der Waals surface area contributed by atoms with Crippen molar-refractivity contribution in [2.75, 3.05) is 12.3 Å². The summed E-state index contributed by atoms with van der Waals surface area (Å²) in [5, 5.41) is 28.1. The Morgan fingerprint density at radius 1 is 1.35 bits per heavy atom. The largest absolute Gasteiger partial charge is 0.424 e. The maximum atomic E-state index is 9.84. The maximum Gasteiger partial charge on any atom is 0.292 e. The van der Waals surface area contributed by atoms with Crippen LogP contribution in [0.25, 0.3) is 11.1 Å². The van der Waals surface area contributed by atoms with Crippen molar-refractivity contribution in [3.05, 3.63) is 23.8 Å². The van der Waals surface area contributed by atoms with Gasteiger partial charge in [0.25, 0.3) is 6.01 Å². The number of benzene rings is 1. The van der Waals surface area contributed by atoms with Crippen LogP contribution in [0.3, 0.4) is 0 Å². The predicted octanol–water partition coefficient (Wildman–Crippen LogP) is 0.187. The molecule has 2 atom stereocenters. The molecule has 0 radical (unpaired) electrons. The second kappa shape index (κ2) is 4.70. The van der Waals surface area contributed by atoms with Crippen molar-refractivity contribution in [2.45, 2.75) is 18.6 Å². The van der Waals surface area contributed by atoms with Crippen LogP contribution in [0.5, 0.6) is 0 Å². The summed E-state index contributed by atoms with van der Waals surface area (Å²) in [5.74, 6) is 0. The lowest BCUT2D eigenvalue weighted by Crippen LogP contribution is -2.19.